The van der Waals surface area contributed by atoms with Crippen LogP contribution in [-0.4, -0.2) is 45.4 Å². The number of aromatic nitrogens is 1. The third kappa shape index (κ3) is 6.57. The van der Waals surface area contributed by atoms with E-state index < -0.39 is 31.2 Å². The molecule has 180 valence electrons. The molecule has 0 radical (unpaired) electrons. The molecule has 33 heavy (non-hydrogen) atoms. The molecule has 0 saturated carbocycles. The molecule has 0 spiro atoms. The third-order valence-electron chi connectivity index (χ3n) is 4.10. The molecule has 1 atom stereocenters. The number of nitrogens with two attached hydrogens (primary N) is 1. The van der Waals surface area contributed by atoms with E-state index in [1.807, 2.05) is 0 Å². The van der Waals surface area contributed by atoms with Crippen LogP contribution in [0, 0.1) is 0 Å². The summed E-state index contributed by atoms with van der Waals surface area (Å²) in [6.07, 6.45) is -9.86. The summed E-state index contributed by atoms with van der Waals surface area (Å²) in [4.78, 5) is 13.0. The highest BCUT2D eigenvalue weighted by Crippen LogP contribution is 2.36. The number of aliphatic hydroxyl groups is 2. The zero-order valence-electron chi connectivity index (χ0n) is 16.3. The van der Waals surface area contributed by atoms with Crippen LogP contribution >= 0.6 is 0 Å². The Morgan fingerprint density at radius 3 is 2.18 bits per heavy atom. The summed E-state index contributed by atoms with van der Waals surface area (Å²) in [6, 6.07) is 6.94. The second-order valence-electron chi connectivity index (χ2n) is 6.30. The molecule has 0 aliphatic heterocycles. The summed E-state index contributed by atoms with van der Waals surface area (Å²) in [6.45, 7) is -0.461. The Hall–Kier alpha value is -3.36. The lowest BCUT2D eigenvalue weighted by molar-refractivity contribution is -0.274. The predicted octanol–water partition coefficient (Wildman–Crippen LogP) is 3.51. The van der Waals surface area contributed by atoms with Crippen molar-refractivity contribution < 1.29 is 55.6 Å². The van der Waals surface area contributed by atoms with E-state index in [9.17, 15) is 36.6 Å². The largest absolute Gasteiger partial charge is 0.573 e. The normalized spacial score (nSPS) is 12.8. The van der Waals surface area contributed by atoms with E-state index in [1.165, 1.54) is 30.7 Å². The maximum atomic E-state index is 12.3. The summed E-state index contributed by atoms with van der Waals surface area (Å²) in [5, 5.41) is 26.4. The molecule has 1 aromatic heterocycles. The molecule has 3 aromatic rings. The minimum Gasteiger partial charge on any atom is -0.475 e. The van der Waals surface area contributed by atoms with Gasteiger partial charge in [-0.25, -0.2) is 9.78 Å². The van der Waals surface area contributed by atoms with Crippen molar-refractivity contribution in [3.63, 3.8) is 0 Å². The first-order valence-corrected chi connectivity index (χ1v) is 8.82. The van der Waals surface area contributed by atoms with E-state index in [-0.39, 0.29) is 17.9 Å². The number of carboxylic acid groups (broad SMARTS) is 1. The summed E-state index contributed by atoms with van der Waals surface area (Å²) in [5.41, 5.74) is 8.41. The number of carbonyl (C=O) groups is 1. The van der Waals surface area contributed by atoms with Gasteiger partial charge in [-0.05, 0) is 29.3 Å². The lowest BCUT2D eigenvalue weighted by atomic mass is 9.94. The molecule has 0 saturated heterocycles. The molecule has 8 nitrogen and oxygen atoms in total. The van der Waals surface area contributed by atoms with Gasteiger partial charge in [0.1, 0.15) is 17.4 Å². The van der Waals surface area contributed by atoms with Crippen molar-refractivity contribution in [1.82, 2.24) is 4.98 Å². The molecule has 2 aromatic carbocycles. The van der Waals surface area contributed by atoms with E-state index in [4.69, 9.17) is 20.1 Å². The molecular weight excluding hydrogens is 466 g/mol. The number of hydrogen-bond acceptors (Lipinski definition) is 7. The van der Waals surface area contributed by atoms with Crippen molar-refractivity contribution in [2.24, 2.45) is 5.73 Å². The van der Waals surface area contributed by atoms with Crippen LogP contribution in [0.4, 0.5) is 26.3 Å². The van der Waals surface area contributed by atoms with E-state index in [0.29, 0.717) is 27.8 Å². The highest BCUT2D eigenvalue weighted by Gasteiger charge is 2.38. The van der Waals surface area contributed by atoms with Crippen molar-refractivity contribution in [3.05, 3.63) is 47.9 Å². The molecular formula is C19H16F6N2O6. The molecule has 5 N–H and O–H groups in total. The van der Waals surface area contributed by atoms with Crippen LogP contribution in [0.3, 0.4) is 0 Å². The first-order chi connectivity index (χ1) is 15.3. The smallest absolute Gasteiger partial charge is 0.475 e. The number of halogens is 6. The highest BCUT2D eigenvalue weighted by molar-refractivity contribution is 5.93. The quantitative estimate of drug-likeness (QED) is 0.405. The van der Waals surface area contributed by atoms with Gasteiger partial charge < -0.3 is 30.2 Å². The van der Waals surface area contributed by atoms with E-state index >= 15 is 0 Å². The van der Waals surface area contributed by atoms with Gasteiger partial charge in [0, 0.05) is 17.7 Å². The molecule has 14 heteroatoms. The Kier molecular flexibility index (Phi) is 7.89. The topological polar surface area (TPSA) is 139 Å². The van der Waals surface area contributed by atoms with Crippen LogP contribution in [0.1, 0.15) is 17.2 Å². The molecule has 1 heterocycles. The first kappa shape index (κ1) is 25.9. The molecule has 0 bridgehead atoms. The standard InChI is InChI=1S/C17H15F3N2O4.C2HF3O2/c18-17(19,20)26-11-3-1-9(2-4-11)12-5-10(6-21)14(13(24)7-23)16-15(12)22-8-25-16;3-2(4,5)1(6)7/h1-5,8,13,23-24H,6-7,21H2;(H,6,7). The molecule has 0 fully saturated rings. The predicted molar refractivity (Wildman–Crippen MR) is 99.8 cm³/mol. The summed E-state index contributed by atoms with van der Waals surface area (Å²) in [5.74, 6) is -3.10. The maximum absolute atomic E-state index is 12.3. The van der Waals surface area contributed by atoms with Crippen LogP contribution in [0.15, 0.2) is 41.1 Å². The van der Waals surface area contributed by atoms with E-state index in [0.717, 1.165) is 0 Å². The second-order valence-corrected chi connectivity index (χ2v) is 6.30. The Balaban J connectivity index is 0.000000479. The minimum absolute atomic E-state index is 0.0608. The molecule has 0 aliphatic carbocycles. The zero-order valence-corrected chi connectivity index (χ0v) is 16.3. The van der Waals surface area contributed by atoms with Crippen molar-refractivity contribution in [2.75, 3.05) is 6.61 Å². The average Bonchev–Trinajstić information content (AvgIpc) is 3.21. The summed E-state index contributed by atoms with van der Waals surface area (Å²) >= 11 is 0. The van der Waals surface area contributed by atoms with E-state index in [2.05, 4.69) is 9.72 Å². The number of nitrogens with zero attached hydrogens (tertiary/aromatic N) is 1. The SMILES string of the molecule is NCc1cc(-c2ccc(OC(F)(F)F)cc2)c2ncoc2c1C(O)CO.O=C(O)C(F)(F)F. The zero-order chi connectivity index (χ0) is 25.0. The van der Waals surface area contributed by atoms with Crippen molar-refractivity contribution in [1.29, 1.82) is 0 Å². The Morgan fingerprint density at radius 2 is 1.73 bits per heavy atom. The average molecular weight is 482 g/mol. The van der Waals surface area contributed by atoms with Gasteiger partial charge in [0.05, 0.1) is 6.61 Å². The Morgan fingerprint density at radius 1 is 1.15 bits per heavy atom. The van der Waals surface area contributed by atoms with Gasteiger partial charge >= 0.3 is 18.5 Å². The van der Waals surface area contributed by atoms with E-state index in [1.54, 1.807) is 6.07 Å². The number of hydrogen-bond donors (Lipinski definition) is 4. The first-order valence-electron chi connectivity index (χ1n) is 8.82. The number of oxazole rings is 1. The summed E-state index contributed by atoms with van der Waals surface area (Å²) in [7, 11) is 0. The number of rotatable bonds is 5. The molecule has 0 amide bonds. The van der Waals surface area contributed by atoms with Gasteiger partial charge in [0.15, 0.2) is 12.0 Å². The van der Waals surface area contributed by atoms with Gasteiger partial charge in [0.2, 0.25) is 0 Å². The molecule has 0 aliphatic rings. The van der Waals surface area contributed by atoms with Gasteiger partial charge in [-0.15, -0.1) is 13.2 Å². The number of benzene rings is 2. The van der Waals surface area contributed by atoms with Crippen molar-refractivity contribution in [3.8, 4) is 16.9 Å². The fraction of sp³-hybridized carbons (Fsp3) is 0.263. The lowest BCUT2D eigenvalue weighted by Gasteiger charge is -2.15. The van der Waals surface area contributed by atoms with Gasteiger partial charge in [0.25, 0.3) is 0 Å². The third-order valence-corrected chi connectivity index (χ3v) is 4.10. The number of aliphatic carboxylic acids is 1. The summed E-state index contributed by atoms with van der Waals surface area (Å²) < 4.78 is 77.8. The van der Waals surface area contributed by atoms with Crippen LogP contribution in [0.25, 0.3) is 22.2 Å². The van der Waals surface area contributed by atoms with Crippen molar-refractivity contribution >= 4 is 17.1 Å². The van der Waals surface area contributed by atoms with Crippen LogP contribution < -0.4 is 10.5 Å². The van der Waals surface area contributed by atoms with Crippen molar-refractivity contribution in [2.45, 2.75) is 25.2 Å². The van der Waals surface area contributed by atoms with Gasteiger partial charge in [-0.2, -0.15) is 13.2 Å². The molecule has 1 unspecified atom stereocenters. The number of aliphatic hydroxyl groups excluding tert-OH is 2. The van der Waals surface area contributed by atoms with Crippen LogP contribution in [0.5, 0.6) is 5.75 Å². The monoisotopic (exact) mass is 482 g/mol. The number of alkyl halides is 6. The Labute approximate surface area is 180 Å². The fourth-order valence-electron chi connectivity index (χ4n) is 2.78. The lowest BCUT2D eigenvalue weighted by Crippen LogP contribution is -2.21. The minimum atomic E-state index is -5.08. The van der Waals surface area contributed by atoms with Gasteiger partial charge in [-0.1, -0.05) is 12.1 Å². The van der Waals surface area contributed by atoms with Crippen LogP contribution in [0.2, 0.25) is 0 Å². The number of fused-ring (bicyclic) bond motifs is 1. The van der Waals surface area contributed by atoms with Gasteiger partial charge in [-0.3, -0.25) is 0 Å². The van der Waals surface area contributed by atoms with Crippen LogP contribution in [-0.2, 0) is 11.3 Å². The highest BCUT2D eigenvalue weighted by atomic mass is 19.4. The maximum Gasteiger partial charge on any atom is 0.573 e. The fourth-order valence-corrected chi connectivity index (χ4v) is 2.78. The second kappa shape index (κ2) is 10.1. The molecule has 3 rings (SSSR count). The number of ether oxygens (including phenoxy) is 1. The number of carboxylic acids is 1. The Bertz CT molecular complexity index is 1100.